The van der Waals surface area contributed by atoms with Crippen LogP contribution in [0.2, 0.25) is 0 Å². The minimum Gasteiger partial charge on any atom is -0.490 e. The van der Waals surface area contributed by atoms with Crippen molar-refractivity contribution in [2.24, 2.45) is 0 Å². The van der Waals surface area contributed by atoms with Crippen molar-refractivity contribution in [1.29, 1.82) is 0 Å². The van der Waals surface area contributed by atoms with E-state index < -0.39 is 18.5 Å². The van der Waals surface area contributed by atoms with Crippen LogP contribution < -0.4 is 14.8 Å². The van der Waals surface area contributed by atoms with Crippen LogP contribution in [-0.2, 0) is 9.53 Å². The molecule has 31 heavy (non-hydrogen) atoms. The first kappa shape index (κ1) is 20.6. The maximum atomic E-state index is 12.7. The zero-order chi connectivity index (χ0) is 21.6. The summed E-state index contributed by atoms with van der Waals surface area (Å²) in [5.74, 6) is -0.347. The molecule has 0 aliphatic carbocycles. The Morgan fingerprint density at radius 1 is 0.935 bits per heavy atom. The molecule has 0 spiro atoms. The van der Waals surface area contributed by atoms with E-state index in [2.05, 4.69) is 5.32 Å². The fourth-order valence-electron chi connectivity index (χ4n) is 3.05. The number of anilines is 1. The number of thiophene rings is 1. The lowest BCUT2D eigenvalue weighted by molar-refractivity contribution is -0.119. The summed E-state index contributed by atoms with van der Waals surface area (Å²) in [4.78, 5) is 38.0. The average molecular weight is 437 g/mol. The Labute approximate surface area is 182 Å². The van der Waals surface area contributed by atoms with Gasteiger partial charge in [-0.1, -0.05) is 24.3 Å². The second-order valence-corrected chi connectivity index (χ2v) is 7.64. The third kappa shape index (κ3) is 4.92. The highest BCUT2D eigenvalue weighted by Crippen LogP contribution is 2.32. The lowest BCUT2D eigenvalue weighted by Crippen LogP contribution is -2.22. The van der Waals surface area contributed by atoms with Crippen LogP contribution in [-0.4, -0.2) is 37.5 Å². The summed E-state index contributed by atoms with van der Waals surface area (Å²) in [7, 11) is 0. The first-order valence-electron chi connectivity index (χ1n) is 9.65. The largest absolute Gasteiger partial charge is 0.490 e. The van der Waals surface area contributed by atoms with Gasteiger partial charge in [-0.2, -0.15) is 0 Å². The first-order valence-corrected chi connectivity index (χ1v) is 10.5. The zero-order valence-electron chi connectivity index (χ0n) is 16.5. The number of ketones is 1. The summed E-state index contributed by atoms with van der Waals surface area (Å²) in [6.45, 7) is 0.617. The van der Waals surface area contributed by atoms with E-state index in [1.807, 2.05) is 0 Å². The Balaban J connectivity index is 1.39. The second-order valence-electron chi connectivity index (χ2n) is 6.69. The summed E-state index contributed by atoms with van der Waals surface area (Å²) >= 11 is 1.29. The number of ether oxygens (including phenoxy) is 3. The van der Waals surface area contributed by atoms with Crippen LogP contribution in [0, 0.1) is 0 Å². The third-order valence-corrected chi connectivity index (χ3v) is 5.37. The van der Waals surface area contributed by atoms with Crippen LogP contribution in [0.15, 0.2) is 60.0 Å². The fourth-order valence-corrected chi connectivity index (χ4v) is 3.72. The number of carbonyl (C=O) groups is 3. The second kappa shape index (κ2) is 9.44. The van der Waals surface area contributed by atoms with Gasteiger partial charge < -0.3 is 19.5 Å². The summed E-state index contributed by atoms with van der Waals surface area (Å²) < 4.78 is 16.3. The molecule has 0 fully saturated rings. The molecule has 0 saturated carbocycles. The van der Waals surface area contributed by atoms with E-state index in [9.17, 15) is 14.4 Å². The van der Waals surface area contributed by atoms with E-state index >= 15 is 0 Å². The van der Waals surface area contributed by atoms with Gasteiger partial charge in [0.2, 0.25) is 5.78 Å². The van der Waals surface area contributed by atoms with E-state index in [1.54, 1.807) is 53.9 Å². The maximum absolute atomic E-state index is 12.7. The van der Waals surface area contributed by atoms with E-state index in [4.69, 9.17) is 14.2 Å². The van der Waals surface area contributed by atoms with Crippen LogP contribution >= 0.6 is 11.3 Å². The minimum absolute atomic E-state index is 0.115. The van der Waals surface area contributed by atoms with Gasteiger partial charge in [0.25, 0.3) is 5.91 Å². The Hall–Kier alpha value is -3.65. The molecule has 0 unspecified atom stereocenters. The molecular formula is C23H19NO6S. The maximum Gasteiger partial charge on any atom is 0.339 e. The van der Waals surface area contributed by atoms with Crippen LogP contribution in [0.25, 0.3) is 0 Å². The third-order valence-electron chi connectivity index (χ3n) is 4.50. The monoisotopic (exact) mass is 437 g/mol. The first-order chi connectivity index (χ1) is 15.1. The van der Waals surface area contributed by atoms with Crippen molar-refractivity contribution < 1.29 is 28.6 Å². The number of hydrogen-bond donors (Lipinski definition) is 1. The molecule has 0 atom stereocenters. The fraction of sp³-hybridized carbons (Fsp3) is 0.174. The van der Waals surface area contributed by atoms with E-state index in [0.29, 0.717) is 35.3 Å². The Morgan fingerprint density at radius 2 is 1.71 bits per heavy atom. The smallest absolute Gasteiger partial charge is 0.339 e. The van der Waals surface area contributed by atoms with Gasteiger partial charge in [0.1, 0.15) is 0 Å². The summed E-state index contributed by atoms with van der Waals surface area (Å²) in [6, 6.07) is 14.9. The van der Waals surface area contributed by atoms with Gasteiger partial charge in [-0.3, -0.25) is 9.59 Å². The summed E-state index contributed by atoms with van der Waals surface area (Å²) in [5, 5.41) is 4.45. The molecule has 3 aromatic rings. The molecule has 0 radical (unpaired) electrons. The molecule has 1 aliphatic heterocycles. The van der Waals surface area contributed by atoms with Crippen molar-refractivity contribution in [2.75, 3.05) is 25.1 Å². The van der Waals surface area contributed by atoms with Crippen LogP contribution in [0.5, 0.6) is 11.5 Å². The predicted octanol–water partition coefficient (Wildman–Crippen LogP) is 3.94. The van der Waals surface area contributed by atoms with Gasteiger partial charge in [-0.15, -0.1) is 11.3 Å². The quantitative estimate of drug-likeness (QED) is 0.464. The Kier molecular flexibility index (Phi) is 6.28. The standard InChI is InChI=1S/C23H19NO6S/c25-21(24-15-8-9-18-19(13-15)29-11-4-10-28-18)14-30-23(27)17-6-2-1-5-16(17)22(26)20-7-3-12-31-20/h1-3,5-9,12-13H,4,10-11,14H2,(H,24,25). The van der Waals surface area contributed by atoms with Crippen LogP contribution in [0.3, 0.4) is 0 Å². The molecule has 2 heterocycles. The molecule has 158 valence electrons. The van der Waals surface area contributed by atoms with E-state index in [1.165, 1.54) is 17.4 Å². The SMILES string of the molecule is O=C(COC(=O)c1ccccc1C(=O)c1cccs1)Nc1ccc2c(c1)OCCCO2. The molecule has 0 bridgehead atoms. The highest BCUT2D eigenvalue weighted by Gasteiger charge is 2.20. The molecule has 1 amide bonds. The van der Waals surface area contributed by atoms with Gasteiger partial charge >= 0.3 is 5.97 Å². The van der Waals surface area contributed by atoms with Crippen LogP contribution in [0.1, 0.15) is 32.0 Å². The summed E-state index contributed by atoms with van der Waals surface area (Å²) in [6.07, 6.45) is 0.781. The van der Waals surface area contributed by atoms with Crippen molar-refractivity contribution >= 4 is 34.7 Å². The molecular weight excluding hydrogens is 418 g/mol. The molecule has 2 aromatic carbocycles. The molecule has 0 saturated heterocycles. The lowest BCUT2D eigenvalue weighted by atomic mass is 10.0. The number of benzene rings is 2. The predicted molar refractivity (Wildman–Crippen MR) is 115 cm³/mol. The van der Waals surface area contributed by atoms with Crippen molar-refractivity contribution in [1.82, 2.24) is 0 Å². The van der Waals surface area contributed by atoms with Gasteiger partial charge in [-0.05, 0) is 29.6 Å². The van der Waals surface area contributed by atoms with Gasteiger partial charge in [0, 0.05) is 23.7 Å². The molecule has 8 heteroatoms. The van der Waals surface area contributed by atoms with E-state index in [0.717, 1.165) is 6.42 Å². The normalized spacial score (nSPS) is 12.5. The number of esters is 1. The Morgan fingerprint density at radius 3 is 2.48 bits per heavy atom. The molecule has 1 aliphatic rings. The number of carbonyl (C=O) groups excluding carboxylic acids is 3. The number of amides is 1. The topological polar surface area (TPSA) is 90.9 Å². The number of nitrogens with one attached hydrogen (secondary N) is 1. The van der Waals surface area contributed by atoms with Gasteiger partial charge in [-0.25, -0.2) is 4.79 Å². The van der Waals surface area contributed by atoms with Crippen LogP contribution in [0.4, 0.5) is 5.69 Å². The van der Waals surface area contributed by atoms with Crippen molar-refractivity contribution in [2.45, 2.75) is 6.42 Å². The zero-order valence-corrected chi connectivity index (χ0v) is 17.3. The van der Waals surface area contributed by atoms with E-state index in [-0.39, 0.29) is 16.9 Å². The number of hydrogen-bond acceptors (Lipinski definition) is 7. The van der Waals surface area contributed by atoms with Crippen molar-refractivity contribution in [3.8, 4) is 11.5 Å². The minimum atomic E-state index is -0.741. The lowest BCUT2D eigenvalue weighted by Gasteiger charge is -2.11. The Bertz CT molecular complexity index is 1110. The van der Waals surface area contributed by atoms with Crippen molar-refractivity contribution in [3.05, 3.63) is 76.0 Å². The number of rotatable bonds is 6. The highest BCUT2D eigenvalue weighted by atomic mass is 32.1. The van der Waals surface area contributed by atoms with Crippen molar-refractivity contribution in [3.63, 3.8) is 0 Å². The molecule has 1 N–H and O–H groups in total. The number of fused-ring (bicyclic) bond motifs is 1. The van der Waals surface area contributed by atoms with Gasteiger partial charge in [0.05, 0.1) is 23.7 Å². The van der Waals surface area contributed by atoms with Gasteiger partial charge in [0.15, 0.2) is 18.1 Å². The average Bonchev–Trinajstić information content (AvgIpc) is 3.23. The molecule has 1 aromatic heterocycles. The summed E-state index contributed by atoms with van der Waals surface area (Å²) in [5.41, 5.74) is 0.848. The molecule has 4 rings (SSSR count). The molecule has 7 nitrogen and oxygen atoms in total. The highest BCUT2D eigenvalue weighted by molar-refractivity contribution is 7.12.